The average Bonchev–Trinajstić information content (AvgIpc) is 2.81. The molecule has 0 amide bonds. The fraction of sp³-hybridized carbons (Fsp3) is 0.208. The zero-order valence-corrected chi connectivity index (χ0v) is 19.8. The third kappa shape index (κ3) is 7.89. The van der Waals surface area contributed by atoms with E-state index in [0.29, 0.717) is 0 Å². The number of benzene rings is 3. The van der Waals surface area contributed by atoms with Crippen molar-refractivity contribution in [3.8, 4) is 0 Å². The lowest BCUT2D eigenvalue weighted by Gasteiger charge is -2.23. The Balaban J connectivity index is 0.000000249. The molecule has 0 aliphatic carbocycles. The van der Waals surface area contributed by atoms with Gasteiger partial charge in [0.25, 0.3) is 0 Å². The first-order valence-electron chi connectivity index (χ1n) is 10.0. The Morgan fingerprint density at radius 2 is 1.24 bits per heavy atom. The van der Waals surface area contributed by atoms with Gasteiger partial charge in [0, 0.05) is 13.3 Å². The zero-order chi connectivity index (χ0) is 25.2. The summed E-state index contributed by atoms with van der Waals surface area (Å²) in [7, 11) is -6.07. The summed E-state index contributed by atoms with van der Waals surface area (Å²) in [5.41, 5.74) is 0. The Labute approximate surface area is 199 Å². The number of hydrogen-bond acceptors (Lipinski definition) is 5. The molecule has 0 radical (unpaired) electrons. The van der Waals surface area contributed by atoms with Gasteiger partial charge in [-0.2, -0.15) is 8.78 Å². The van der Waals surface area contributed by atoms with Gasteiger partial charge in [0.05, 0.1) is 17.5 Å². The van der Waals surface area contributed by atoms with Gasteiger partial charge in [0.2, 0.25) is 0 Å². The van der Waals surface area contributed by atoms with E-state index in [-0.39, 0.29) is 10.9 Å². The van der Waals surface area contributed by atoms with Crippen LogP contribution in [0.5, 0.6) is 0 Å². The van der Waals surface area contributed by atoms with Crippen LogP contribution in [0.2, 0.25) is 0 Å². The van der Waals surface area contributed by atoms with Crippen molar-refractivity contribution in [3.63, 3.8) is 0 Å². The molecule has 0 aliphatic heterocycles. The number of carbonyl (C=O) groups excluding carboxylic acids is 1. The molecule has 1 unspecified atom stereocenters. The predicted molar refractivity (Wildman–Crippen MR) is 122 cm³/mol. The quantitative estimate of drug-likeness (QED) is 0.235. The van der Waals surface area contributed by atoms with E-state index in [1.54, 1.807) is 0 Å². The fourth-order valence-corrected chi connectivity index (χ4v) is 5.24. The molecule has 0 aliphatic rings. The molecule has 0 bridgehead atoms. The van der Waals surface area contributed by atoms with Crippen molar-refractivity contribution in [2.24, 2.45) is 0 Å². The molecule has 5 nitrogen and oxygen atoms in total. The summed E-state index contributed by atoms with van der Waals surface area (Å²) in [4.78, 5) is 14.2. The van der Waals surface area contributed by atoms with Gasteiger partial charge in [-0.3, -0.25) is 4.79 Å². The molecule has 10 heteroatoms. The topological polar surface area (TPSA) is 83.5 Å². The Hall–Kier alpha value is -2.82. The van der Waals surface area contributed by atoms with Gasteiger partial charge in [-0.1, -0.05) is 54.6 Å². The Kier molecular flexibility index (Phi) is 10.2. The number of carbonyl (C=O) groups is 1. The second-order valence-corrected chi connectivity index (χ2v) is 10.3. The first kappa shape index (κ1) is 27.4. The molecular weight excluding hydrogens is 489 g/mol. The minimum atomic E-state index is -6.05. The van der Waals surface area contributed by atoms with E-state index in [1.807, 2.05) is 0 Å². The summed E-state index contributed by atoms with van der Waals surface area (Å²) in [6, 6.07) is 32.2. The van der Waals surface area contributed by atoms with Crippen molar-refractivity contribution in [1.29, 1.82) is 0 Å². The smallest absolute Gasteiger partial charge is 0.364 e. The van der Waals surface area contributed by atoms with Crippen molar-refractivity contribution >= 4 is 27.0 Å². The molecule has 0 fully saturated rings. The maximum absolute atomic E-state index is 12.6. The number of ether oxygens (including phenoxy) is 1. The molecule has 0 saturated heterocycles. The molecule has 0 aromatic heterocycles. The standard InChI is InChI=1S/C18H15S.C6H9F3O5S/c1-4-10-16(11-5-1)19(17-12-6-2-7-13-17)18-14-8-3-9-15-18;1-4(10)14-3-2-5(7)6(8,9)15(11,12)13/h1-15H;5H,2-3H2,1H3,(H,11,12,13)/q+1;/p-1. The van der Waals surface area contributed by atoms with E-state index in [2.05, 4.69) is 95.7 Å². The molecule has 0 saturated carbocycles. The van der Waals surface area contributed by atoms with E-state index >= 15 is 0 Å². The minimum absolute atomic E-state index is 0.0146. The highest BCUT2D eigenvalue weighted by Crippen LogP contribution is 2.31. The third-order valence-corrected chi connectivity index (χ3v) is 7.46. The Morgan fingerprint density at radius 1 is 0.882 bits per heavy atom. The van der Waals surface area contributed by atoms with Crippen LogP contribution in [0.4, 0.5) is 13.2 Å². The van der Waals surface area contributed by atoms with Crippen LogP contribution in [0.25, 0.3) is 0 Å². The SMILES string of the molecule is CC(=O)OCCC(F)C(F)(F)S(=O)(=O)[O-].c1ccc([S+](c2ccccc2)c2ccccc2)cc1. The van der Waals surface area contributed by atoms with Crippen LogP contribution in [0.3, 0.4) is 0 Å². The molecule has 182 valence electrons. The lowest BCUT2D eigenvalue weighted by molar-refractivity contribution is -0.142. The summed E-state index contributed by atoms with van der Waals surface area (Å²) in [5, 5.41) is -5.01. The van der Waals surface area contributed by atoms with Gasteiger partial charge in [0.15, 0.2) is 31.0 Å². The highest BCUT2D eigenvalue weighted by molar-refractivity contribution is 7.97. The molecule has 0 N–H and O–H groups in total. The van der Waals surface area contributed by atoms with E-state index in [0.717, 1.165) is 6.92 Å². The second kappa shape index (κ2) is 12.6. The third-order valence-electron chi connectivity index (χ3n) is 4.31. The van der Waals surface area contributed by atoms with Crippen molar-refractivity contribution in [2.45, 2.75) is 39.5 Å². The Morgan fingerprint density at radius 3 is 1.53 bits per heavy atom. The highest BCUT2D eigenvalue weighted by atomic mass is 32.2. The van der Waals surface area contributed by atoms with Crippen LogP contribution in [-0.2, 0) is 30.5 Å². The molecule has 0 heterocycles. The lowest BCUT2D eigenvalue weighted by Crippen LogP contribution is -2.39. The molecule has 3 aromatic carbocycles. The average molecular weight is 513 g/mol. The molecule has 3 aromatic rings. The Bertz CT molecular complexity index is 1040. The largest absolute Gasteiger partial charge is 0.743 e. The van der Waals surface area contributed by atoms with E-state index < -0.39 is 40.5 Å². The van der Waals surface area contributed by atoms with Crippen molar-refractivity contribution in [3.05, 3.63) is 91.0 Å². The van der Waals surface area contributed by atoms with Crippen molar-refractivity contribution in [2.75, 3.05) is 6.61 Å². The normalized spacial score (nSPS) is 12.4. The van der Waals surface area contributed by atoms with Crippen LogP contribution in [-0.4, -0.2) is 37.0 Å². The first-order valence-corrected chi connectivity index (χ1v) is 12.7. The van der Waals surface area contributed by atoms with Crippen LogP contribution in [0.1, 0.15) is 13.3 Å². The van der Waals surface area contributed by atoms with E-state index in [4.69, 9.17) is 0 Å². The summed E-state index contributed by atoms with van der Waals surface area (Å²) < 4.78 is 71.4. The summed E-state index contributed by atoms with van der Waals surface area (Å²) in [6.07, 6.45) is -4.26. The van der Waals surface area contributed by atoms with Crippen LogP contribution < -0.4 is 0 Å². The fourth-order valence-electron chi connectivity index (χ4n) is 2.71. The van der Waals surface area contributed by atoms with Crippen LogP contribution in [0, 0.1) is 0 Å². The maximum Gasteiger partial charge on any atom is 0.364 e. The lowest BCUT2D eigenvalue weighted by atomic mass is 10.3. The first-order chi connectivity index (χ1) is 16.0. The van der Waals surface area contributed by atoms with Gasteiger partial charge in [-0.25, -0.2) is 12.8 Å². The number of alkyl halides is 3. The van der Waals surface area contributed by atoms with Gasteiger partial charge in [-0.05, 0) is 36.4 Å². The van der Waals surface area contributed by atoms with Crippen LogP contribution in [0.15, 0.2) is 106 Å². The number of halogens is 3. The van der Waals surface area contributed by atoms with Crippen LogP contribution >= 0.6 is 0 Å². The zero-order valence-electron chi connectivity index (χ0n) is 18.1. The van der Waals surface area contributed by atoms with Crippen molar-refractivity contribution in [1.82, 2.24) is 0 Å². The predicted octanol–water partition coefficient (Wildman–Crippen LogP) is 5.20. The van der Waals surface area contributed by atoms with E-state index in [9.17, 15) is 30.9 Å². The number of rotatable bonds is 8. The second-order valence-electron chi connectivity index (χ2n) is 6.86. The monoisotopic (exact) mass is 512 g/mol. The van der Waals surface area contributed by atoms with Gasteiger partial charge < -0.3 is 9.29 Å². The minimum Gasteiger partial charge on any atom is -0.743 e. The number of hydrogen-bond donors (Lipinski definition) is 0. The van der Waals surface area contributed by atoms with Gasteiger partial charge in [-0.15, -0.1) is 0 Å². The molecular formula is C24H23F3O5S2. The summed E-state index contributed by atoms with van der Waals surface area (Å²) >= 11 is 0. The maximum atomic E-state index is 12.6. The molecule has 3 rings (SSSR count). The molecule has 0 spiro atoms. The highest BCUT2D eigenvalue weighted by Gasteiger charge is 2.47. The number of esters is 1. The molecule has 1 atom stereocenters. The van der Waals surface area contributed by atoms with Gasteiger partial charge >= 0.3 is 11.2 Å². The van der Waals surface area contributed by atoms with Crippen molar-refractivity contribution < 1.29 is 35.7 Å². The van der Waals surface area contributed by atoms with E-state index in [1.165, 1.54) is 14.7 Å². The summed E-state index contributed by atoms with van der Waals surface area (Å²) in [5.74, 6) is -0.824. The van der Waals surface area contributed by atoms with Gasteiger partial charge in [0.1, 0.15) is 0 Å². The summed E-state index contributed by atoms with van der Waals surface area (Å²) in [6.45, 7) is 0.247. The molecule has 34 heavy (non-hydrogen) atoms.